The number of aliphatic imine (C=N–C) groups is 1. The molecule has 1 saturated heterocycles. The van der Waals surface area contributed by atoms with E-state index >= 15 is 0 Å². The van der Waals surface area contributed by atoms with Crippen LogP contribution in [0.5, 0.6) is 5.75 Å². The Bertz CT molecular complexity index is 731. The van der Waals surface area contributed by atoms with Gasteiger partial charge in [-0.05, 0) is 39.3 Å². The predicted molar refractivity (Wildman–Crippen MR) is 119 cm³/mol. The summed E-state index contributed by atoms with van der Waals surface area (Å²) in [6, 6.07) is 7.68. The number of nitrogens with zero attached hydrogens (tertiary/aromatic N) is 3. The Morgan fingerprint density at radius 2 is 1.97 bits per heavy atom. The molecule has 0 saturated carbocycles. The van der Waals surface area contributed by atoms with Crippen LogP contribution >= 0.6 is 0 Å². The van der Waals surface area contributed by atoms with Gasteiger partial charge in [0.05, 0.1) is 25.4 Å². The number of fused-ring (bicyclic) bond motifs is 1. The normalized spacial score (nSPS) is 18.0. The Kier molecular flexibility index (Phi) is 7.93. The van der Waals surface area contributed by atoms with Crippen molar-refractivity contribution < 1.29 is 14.3 Å². The Labute approximate surface area is 179 Å². The lowest BCUT2D eigenvalue weighted by atomic mass is 10.0. The molecule has 0 aromatic heterocycles. The first-order valence-corrected chi connectivity index (χ1v) is 10.9. The lowest BCUT2D eigenvalue weighted by Gasteiger charge is -2.39. The van der Waals surface area contributed by atoms with E-state index < -0.39 is 0 Å². The van der Waals surface area contributed by atoms with E-state index in [-0.39, 0.29) is 18.1 Å². The number of nitrogens with one attached hydrogen (secondary N) is 2. The minimum absolute atomic E-state index is 0.00142. The Balaban J connectivity index is 1.50. The molecule has 2 heterocycles. The Morgan fingerprint density at radius 1 is 1.20 bits per heavy atom. The molecule has 0 radical (unpaired) electrons. The third-order valence-electron chi connectivity index (χ3n) is 5.49. The third kappa shape index (κ3) is 5.86. The number of guanidine groups is 1. The van der Waals surface area contributed by atoms with Gasteiger partial charge in [0.2, 0.25) is 0 Å². The van der Waals surface area contributed by atoms with E-state index in [9.17, 15) is 4.79 Å². The minimum Gasteiger partial charge on any atom is -0.482 e. The molecule has 1 aromatic carbocycles. The average Bonchev–Trinajstić information content (AvgIpc) is 2.76. The fourth-order valence-corrected chi connectivity index (χ4v) is 3.73. The number of amides is 1. The van der Waals surface area contributed by atoms with Crippen LogP contribution in [0.3, 0.4) is 0 Å². The van der Waals surface area contributed by atoms with Gasteiger partial charge in [-0.1, -0.05) is 12.1 Å². The first-order valence-electron chi connectivity index (χ1n) is 10.9. The molecule has 2 aliphatic heterocycles. The van der Waals surface area contributed by atoms with Gasteiger partial charge in [-0.2, -0.15) is 0 Å². The van der Waals surface area contributed by atoms with E-state index in [0.717, 1.165) is 63.2 Å². The summed E-state index contributed by atoms with van der Waals surface area (Å²) in [4.78, 5) is 21.3. The monoisotopic (exact) mass is 417 g/mol. The first kappa shape index (κ1) is 22.4. The second-order valence-corrected chi connectivity index (χ2v) is 8.19. The van der Waals surface area contributed by atoms with Gasteiger partial charge in [0, 0.05) is 38.3 Å². The van der Waals surface area contributed by atoms with Crippen LogP contribution in [0.4, 0.5) is 5.69 Å². The minimum atomic E-state index is -0.0178. The molecule has 2 aliphatic rings. The van der Waals surface area contributed by atoms with E-state index in [2.05, 4.69) is 36.3 Å². The van der Waals surface area contributed by atoms with Gasteiger partial charge in [0.1, 0.15) is 5.75 Å². The molecule has 0 aliphatic carbocycles. The number of anilines is 1. The van der Waals surface area contributed by atoms with Gasteiger partial charge in [-0.3, -0.25) is 14.7 Å². The summed E-state index contributed by atoms with van der Waals surface area (Å²) >= 11 is 0. The van der Waals surface area contributed by atoms with Gasteiger partial charge < -0.3 is 25.0 Å². The van der Waals surface area contributed by atoms with E-state index in [1.165, 1.54) is 0 Å². The van der Waals surface area contributed by atoms with Crippen molar-refractivity contribution >= 4 is 17.6 Å². The molecule has 2 N–H and O–H groups in total. The molecule has 1 amide bonds. The van der Waals surface area contributed by atoms with Crippen LogP contribution in [0, 0.1) is 0 Å². The van der Waals surface area contributed by atoms with E-state index in [0.29, 0.717) is 13.1 Å². The second kappa shape index (κ2) is 10.6. The van der Waals surface area contributed by atoms with Gasteiger partial charge in [0.15, 0.2) is 12.6 Å². The molecular weight excluding hydrogens is 382 g/mol. The van der Waals surface area contributed by atoms with Crippen molar-refractivity contribution in [3.05, 3.63) is 24.3 Å². The maximum Gasteiger partial charge on any atom is 0.265 e. The van der Waals surface area contributed by atoms with E-state index in [1.54, 1.807) is 0 Å². The van der Waals surface area contributed by atoms with Crippen LogP contribution in [0.25, 0.3) is 0 Å². The molecule has 3 rings (SSSR count). The quantitative estimate of drug-likeness (QED) is 0.379. The fourth-order valence-electron chi connectivity index (χ4n) is 3.73. The number of carbonyl (C=O) groups is 1. The van der Waals surface area contributed by atoms with Gasteiger partial charge in [-0.15, -0.1) is 0 Å². The lowest BCUT2D eigenvalue weighted by molar-refractivity contribution is -0.121. The van der Waals surface area contributed by atoms with Gasteiger partial charge in [0.25, 0.3) is 5.91 Å². The molecule has 8 nitrogen and oxygen atoms in total. The number of para-hydroxylation sites is 2. The molecule has 1 fully saturated rings. The van der Waals surface area contributed by atoms with Gasteiger partial charge >= 0.3 is 0 Å². The van der Waals surface area contributed by atoms with E-state index in [4.69, 9.17) is 14.5 Å². The SMILES string of the molecule is CCNC(=NCC(C)(C)N1CCOCC1)NCCCN1C(=O)COc2ccccc21. The summed E-state index contributed by atoms with van der Waals surface area (Å²) in [6.45, 7) is 13.0. The molecule has 166 valence electrons. The number of morpholine rings is 1. The number of benzene rings is 1. The van der Waals surface area contributed by atoms with Crippen LogP contribution < -0.4 is 20.3 Å². The summed E-state index contributed by atoms with van der Waals surface area (Å²) in [6.07, 6.45) is 0.817. The van der Waals surface area contributed by atoms with Crippen molar-refractivity contribution in [2.75, 3.05) is 64.0 Å². The van der Waals surface area contributed by atoms with Crippen molar-refractivity contribution in [1.29, 1.82) is 0 Å². The van der Waals surface area contributed by atoms with Crippen LogP contribution in [0.2, 0.25) is 0 Å². The van der Waals surface area contributed by atoms with Gasteiger partial charge in [-0.25, -0.2) is 0 Å². The number of ether oxygens (including phenoxy) is 2. The highest BCUT2D eigenvalue weighted by molar-refractivity contribution is 5.97. The average molecular weight is 418 g/mol. The van der Waals surface area contributed by atoms with Crippen LogP contribution in [-0.4, -0.2) is 81.4 Å². The molecule has 30 heavy (non-hydrogen) atoms. The first-order chi connectivity index (χ1) is 14.5. The zero-order valence-electron chi connectivity index (χ0n) is 18.4. The van der Waals surface area contributed by atoms with Crippen LogP contribution in [-0.2, 0) is 9.53 Å². The predicted octanol–water partition coefficient (Wildman–Crippen LogP) is 1.47. The van der Waals surface area contributed by atoms with Crippen molar-refractivity contribution in [1.82, 2.24) is 15.5 Å². The number of hydrogen-bond donors (Lipinski definition) is 2. The number of carbonyl (C=O) groups excluding carboxylic acids is 1. The third-order valence-corrected chi connectivity index (χ3v) is 5.49. The Morgan fingerprint density at radius 3 is 2.73 bits per heavy atom. The number of rotatable bonds is 8. The zero-order valence-corrected chi connectivity index (χ0v) is 18.4. The summed E-state index contributed by atoms with van der Waals surface area (Å²) < 4.78 is 11.0. The molecule has 0 unspecified atom stereocenters. The maximum absolute atomic E-state index is 12.3. The fraction of sp³-hybridized carbons (Fsp3) is 0.636. The van der Waals surface area contributed by atoms with Crippen molar-refractivity contribution in [3.63, 3.8) is 0 Å². The highest BCUT2D eigenvalue weighted by atomic mass is 16.5. The molecule has 0 bridgehead atoms. The van der Waals surface area contributed by atoms with Crippen molar-refractivity contribution in [2.24, 2.45) is 4.99 Å². The summed E-state index contributed by atoms with van der Waals surface area (Å²) in [5.74, 6) is 1.58. The number of hydrogen-bond acceptors (Lipinski definition) is 5. The summed E-state index contributed by atoms with van der Waals surface area (Å²) in [5, 5.41) is 6.72. The molecule has 1 aromatic rings. The highest BCUT2D eigenvalue weighted by Crippen LogP contribution is 2.31. The topological polar surface area (TPSA) is 78.4 Å². The Hall–Kier alpha value is -2.32. The molecule has 0 atom stereocenters. The summed E-state index contributed by atoms with van der Waals surface area (Å²) in [5.41, 5.74) is 0.831. The maximum atomic E-state index is 12.3. The lowest BCUT2D eigenvalue weighted by Crippen LogP contribution is -2.52. The standard InChI is InChI=1S/C22H35N5O3/c1-4-23-21(25-17-22(2,3)26-12-14-29-15-13-26)24-10-7-11-27-18-8-5-6-9-19(18)30-16-20(27)28/h5-6,8-9H,4,7,10-17H2,1-3H3,(H2,23,24,25). The molecular formula is C22H35N5O3. The molecule has 8 heteroatoms. The second-order valence-electron chi connectivity index (χ2n) is 8.19. The van der Waals surface area contributed by atoms with E-state index in [1.807, 2.05) is 29.2 Å². The summed E-state index contributed by atoms with van der Waals surface area (Å²) in [7, 11) is 0. The zero-order chi connectivity index (χ0) is 21.4. The largest absolute Gasteiger partial charge is 0.482 e. The highest BCUT2D eigenvalue weighted by Gasteiger charge is 2.28. The molecule has 0 spiro atoms. The van der Waals surface area contributed by atoms with Crippen LogP contribution in [0.15, 0.2) is 29.3 Å². The van der Waals surface area contributed by atoms with Crippen LogP contribution in [0.1, 0.15) is 27.2 Å². The van der Waals surface area contributed by atoms with Crippen molar-refractivity contribution in [3.8, 4) is 5.75 Å². The smallest absolute Gasteiger partial charge is 0.265 e. The van der Waals surface area contributed by atoms with Crippen molar-refractivity contribution in [2.45, 2.75) is 32.7 Å².